The summed E-state index contributed by atoms with van der Waals surface area (Å²) in [5, 5.41) is 9.03. The Hall–Kier alpha value is -1.55. The first-order valence-corrected chi connectivity index (χ1v) is 6.65. The molecule has 3 aliphatic carbocycles. The lowest BCUT2D eigenvalue weighted by Crippen LogP contribution is -2.72. The van der Waals surface area contributed by atoms with E-state index in [-0.39, 0.29) is 10.8 Å². The smallest absolute Gasteiger partial charge is 0.321 e. The van der Waals surface area contributed by atoms with Gasteiger partial charge in [0.05, 0.1) is 0 Å². The van der Waals surface area contributed by atoms with Crippen LogP contribution in [0.25, 0.3) is 0 Å². The summed E-state index contributed by atoms with van der Waals surface area (Å²) < 4.78 is 0. The van der Waals surface area contributed by atoms with Gasteiger partial charge < -0.3 is 15.7 Å². The van der Waals surface area contributed by atoms with Crippen molar-refractivity contribution >= 4 is 11.7 Å². The van der Waals surface area contributed by atoms with E-state index in [2.05, 4.69) is 29.2 Å². The van der Waals surface area contributed by atoms with Gasteiger partial charge in [-0.15, -0.1) is 0 Å². The van der Waals surface area contributed by atoms with Crippen molar-refractivity contribution < 1.29 is 9.90 Å². The average molecular weight is 260 g/mol. The summed E-state index contributed by atoms with van der Waals surface area (Å²) in [4.78, 5) is 13.1. The minimum Gasteiger partial charge on any atom is -0.480 e. The van der Waals surface area contributed by atoms with Gasteiger partial charge in [-0.2, -0.15) is 0 Å². The van der Waals surface area contributed by atoms with Crippen LogP contribution in [0, 0.1) is 5.41 Å². The monoisotopic (exact) mass is 260 g/mol. The lowest BCUT2D eigenvalue weighted by molar-refractivity contribution is -0.178. The number of hydrogen-bond donors (Lipinski definition) is 2. The highest BCUT2D eigenvalue weighted by Gasteiger charge is 2.71. The quantitative estimate of drug-likeness (QED) is 0.862. The highest BCUT2D eigenvalue weighted by Crippen LogP contribution is 2.74. The van der Waals surface area contributed by atoms with E-state index in [4.69, 9.17) is 10.8 Å². The molecule has 0 aromatic heterocycles. The predicted octanol–water partition coefficient (Wildman–Crippen LogP) is 1.59. The van der Waals surface area contributed by atoms with E-state index in [0.717, 1.165) is 19.3 Å². The van der Waals surface area contributed by atoms with Crippen LogP contribution in [0.4, 0.5) is 5.69 Å². The molecule has 0 saturated heterocycles. The molecule has 3 fully saturated rings. The lowest BCUT2D eigenvalue weighted by atomic mass is 9.31. The van der Waals surface area contributed by atoms with Crippen molar-refractivity contribution in [1.82, 2.24) is 0 Å². The van der Waals surface area contributed by atoms with E-state index in [1.807, 2.05) is 14.1 Å². The molecule has 1 aromatic carbocycles. The number of rotatable bonds is 4. The molecule has 1 unspecified atom stereocenters. The second-order valence-corrected chi connectivity index (χ2v) is 6.43. The average Bonchev–Trinajstić information content (AvgIpc) is 2.25. The maximum Gasteiger partial charge on any atom is 0.321 e. The van der Waals surface area contributed by atoms with E-state index in [1.54, 1.807) is 0 Å². The lowest BCUT2D eigenvalue weighted by Gasteiger charge is -2.72. The van der Waals surface area contributed by atoms with Crippen molar-refractivity contribution in [3.05, 3.63) is 29.8 Å². The fourth-order valence-corrected chi connectivity index (χ4v) is 3.88. The Kier molecular flexibility index (Phi) is 2.45. The van der Waals surface area contributed by atoms with Gasteiger partial charge in [0.15, 0.2) is 0 Å². The number of hydrogen-bond acceptors (Lipinski definition) is 3. The number of carboxylic acid groups (broad SMARTS) is 1. The number of carbonyl (C=O) groups is 1. The molecule has 0 amide bonds. The first kappa shape index (κ1) is 12.5. The van der Waals surface area contributed by atoms with Crippen LogP contribution in [0.5, 0.6) is 0 Å². The number of benzene rings is 1. The number of aliphatic carboxylic acids is 1. The Morgan fingerprint density at radius 1 is 1.26 bits per heavy atom. The predicted molar refractivity (Wildman–Crippen MR) is 74.3 cm³/mol. The molecule has 0 aliphatic heterocycles. The van der Waals surface area contributed by atoms with Crippen molar-refractivity contribution in [1.29, 1.82) is 0 Å². The van der Waals surface area contributed by atoms with Crippen LogP contribution < -0.4 is 10.6 Å². The van der Waals surface area contributed by atoms with Gasteiger partial charge in [0.1, 0.15) is 6.04 Å². The maximum absolute atomic E-state index is 11.0. The Labute approximate surface area is 113 Å². The standard InChI is InChI=1S/C15H20N2O2/c1-17(2)11-5-3-10(4-6-11)14-7-15(8-14,9-14)12(16)13(18)19/h3-6,12H,7-9,16H2,1-2H3,(H,18,19). The Morgan fingerprint density at radius 3 is 2.21 bits per heavy atom. The van der Waals surface area contributed by atoms with Crippen LogP contribution >= 0.6 is 0 Å². The summed E-state index contributed by atoms with van der Waals surface area (Å²) in [6.07, 6.45) is 2.78. The fourth-order valence-electron chi connectivity index (χ4n) is 3.88. The molecule has 1 atom stereocenters. The second-order valence-electron chi connectivity index (χ2n) is 6.43. The Balaban J connectivity index is 1.73. The summed E-state index contributed by atoms with van der Waals surface area (Å²) in [5.41, 5.74) is 8.38. The molecule has 0 radical (unpaired) electrons. The molecule has 102 valence electrons. The third kappa shape index (κ3) is 1.59. The molecule has 3 N–H and O–H groups in total. The highest BCUT2D eigenvalue weighted by molar-refractivity contribution is 5.76. The molecule has 4 nitrogen and oxygen atoms in total. The Bertz CT molecular complexity index is 502. The SMILES string of the molecule is CN(C)c1ccc(C23CC(C(N)C(=O)O)(C2)C3)cc1. The van der Waals surface area contributed by atoms with Crippen molar-refractivity contribution in [2.24, 2.45) is 11.1 Å². The van der Waals surface area contributed by atoms with Gasteiger partial charge in [0.2, 0.25) is 0 Å². The molecular formula is C15H20N2O2. The summed E-state index contributed by atoms with van der Waals surface area (Å²) in [6, 6.07) is 7.89. The summed E-state index contributed by atoms with van der Waals surface area (Å²) in [6.45, 7) is 0. The zero-order chi connectivity index (χ0) is 13.8. The minimum atomic E-state index is -0.865. The van der Waals surface area contributed by atoms with Crippen molar-refractivity contribution in [3.63, 3.8) is 0 Å². The first-order chi connectivity index (χ1) is 8.89. The minimum absolute atomic E-state index is 0.133. The van der Waals surface area contributed by atoms with Gasteiger partial charge in [-0.05, 0) is 47.8 Å². The molecular weight excluding hydrogens is 240 g/mol. The van der Waals surface area contributed by atoms with Gasteiger partial charge >= 0.3 is 5.97 Å². The van der Waals surface area contributed by atoms with Crippen LogP contribution in [0.3, 0.4) is 0 Å². The Morgan fingerprint density at radius 2 is 1.79 bits per heavy atom. The van der Waals surface area contributed by atoms with E-state index >= 15 is 0 Å². The summed E-state index contributed by atoms with van der Waals surface area (Å²) in [7, 11) is 4.05. The molecule has 4 heteroatoms. The molecule has 1 aromatic rings. The topological polar surface area (TPSA) is 66.6 Å². The van der Waals surface area contributed by atoms with Crippen molar-refractivity contribution in [2.75, 3.05) is 19.0 Å². The number of carboxylic acids is 1. The van der Waals surface area contributed by atoms with E-state index in [9.17, 15) is 4.79 Å². The van der Waals surface area contributed by atoms with Crippen LogP contribution in [0.15, 0.2) is 24.3 Å². The maximum atomic E-state index is 11.0. The van der Waals surface area contributed by atoms with E-state index < -0.39 is 12.0 Å². The van der Waals surface area contributed by atoms with Gasteiger partial charge in [-0.1, -0.05) is 12.1 Å². The third-order valence-corrected chi connectivity index (χ3v) is 4.99. The zero-order valence-corrected chi connectivity index (χ0v) is 11.4. The molecule has 3 aliphatic rings. The summed E-state index contributed by atoms with van der Waals surface area (Å²) in [5.74, 6) is -0.865. The molecule has 19 heavy (non-hydrogen) atoms. The molecule has 4 rings (SSSR count). The van der Waals surface area contributed by atoms with Crippen LogP contribution in [0.1, 0.15) is 24.8 Å². The highest BCUT2D eigenvalue weighted by atomic mass is 16.4. The van der Waals surface area contributed by atoms with Gasteiger partial charge in [0.25, 0.3) is 0 Å². The van der Waals surface area contributed by atoms with E-state index in [0.29, 0.717) is 0 Å². The van der Waals surface area contributed by atoms with E-state index in [1.165, 1.54) is 11.3 Å². The molecule has 2 bridgehead atoms. The van der Waals surface area contributed by atoms with Crippen LogP contribution in [0.2, 0.25) is 0 Å². The van der Waals surface area contributed by atoms with Crippen molar-refractivity contribution in [3.8, 4) is 0 Å². The molecule has 3 saturated carbocycles. The van der Waals surface area contributed by atoms with Gasteiger partial charge in [-0.3, -0.25) is 4.79 Å². The zero-order valence-electron chi connectivity index (χ0n) is 11.4. The number of nitrogens with zero attached hydrogens (tertiary/aromatic N) is 1. The van der Waals surface area contributed by atoms with Crippen LogP contribution in [-0.4, -0.2) is 31.2 Å². The molecule has 0 spiro atoms. The number of nitrogens with two attached hydrogens (primary N) is 1. The normalized spacial score (nSPS) is 33.0. The molecule has 0 heterocycles. The van der Waals surface area contributed by atoms with Gasteiger partial charge in [-0.25, -0.2) is 0 Å². The largest absolute Gasteiger partial charge is 0.480 e. The second kappa shape index (κ2) is 3.73. The fraction of sp³-hybridized carbons (Fsp3) is 0.533. The van der Waals surface area contributed by atoms with Crippen molar-refractivity contribution in [2.45, 2.75) is 30.7 Å². The third-order valence-electron chi connectivity index (χ3n) is 4.99. The van der Waals surface area contributed by atoms with Gasteiger partial charge in [0, 0.05) is 19.8 Å². The first-order valence-electron chi connectivity index (χ1n) is 6.65. The number of anilines is 1. The summed E-state index contributed by atoms with van der Waals surface area (Å²) >= 11 is 0. The van der Waals surface area contributed by atoms with Crippen LogP contribution in [-0.2, 0) is 10.2 Å².